The summed E-state index contributed by atoms with van der Waals surface area (Å²) in [5.74, 6) is -1.56. The standard InChI is InChI=1S/C12H17F2N/c1-8(2)15-9(3)6-10-4-5-11(13)12(14)7-10/h4-5,7-9,15H,6H2,1-3H3. The van der Waals surface area contributed by atoms with Crippen molar-refractivity contribution >= 4 is 0 Å². The van der Waals surface area contributed by atoms with Gasteiger partial charge in [-0.2, -0.15) is 0 Å². The molecule has 1 N–H and O–H groups in total. The first-order valence-electron chi connectivity index (χ1n) is 5.19. The normalized spacial score (nSPS) is 13.2. The van der Waals surface area contributed by atoms with E-state index in [1.165, 1.54) is 12.1 Å². The third-order valence-corrected chi connectivity index (χ3v) is 2.14. The number of hydrogen-bond acceptors (Lipinski definition) is 1. The number of benzene rings is 1. The maximum absolute atomic E-state index is 12.9. The second-order valence-corrected chi connectivity index (χ2v) is 4.18. The summed E-state index contributed by atoms with van der Waals surface area (Å²) in [5.41, 5.74) is 0.814. The lowest BCUT2D eigenvalue weighted by Crippen LogP contribution is -2.33. The van der Waals surface area contributed by atoms with E-state index in [1.54, 1.807) is 6.07 Å². The van der Waals surface area contributed by atoms with Gasteiger partial charge in [0.1, 0.15) is 0 Å². The van der Waals surface area contributed by atoms with Crippen LogP contribution in [-0.4, -0.2) is 12.1 Å². The molecule has 0 saturated carbocycles. The van der Waals surface area contributed by atoms with Crippen molar-refractivity contribution in [1.82, 2.24) is 5.32 Å². The summed E-state index contributed by atoms with van der Waals surface area (Å²) < 4.78 is 25.6. The molecule has 15 heavy (non-hydrogen) atoms. The van der Waals surface area contributed by atoms with Gasteiger partial charge in [-0.3, -0.25) is 0 Å². The molecule has 1 aromatic rings. The smallest absolute Gasteiger partial charge is 0.159 e. The molecule has 1 unspecified atom stereocenters. The van der Waals surface area contributed by atoms with Gasteiger partial charge < -0.3 is 5.32 Å². The molecule has 0 bridgehead atoms. The zero-order chi connectivity index (χ0) is 11.4. The third-order valence-electron chi connectivity index (χ3n) is 2.14. The minimum atomic E-state index is -0.789. The summed E-state index contributed by atoms with van der Waals surface area (Å²) in [6, 6.07) is 4.71. The van der Waals surface area contributed by atoms with Crippen molar-refractivity contribution in [2.75, 3.05) is 0 Å². The van der Waals surface area contributed by atoms with E-state index in [9.17, 15) is 8.78 Å². The Morgan fingerprint density at radius 3 is 2.33 bits per heavy atom. The monoisotopic (exact) mass is 213 g/mol. The largest absolute Gasteiger partial charge is 0.312 e. The van der Waals surface area contributed by atoms with Crippen molar-refractivity contribution in [3.05, 3.63) is 35.4 Å². The van der Waals surface area contributed by atoms with Gasteiger partial charge in [-0.05, 0) is 31.0 Å². The lowest BCUT2D eigenvalue weighted by atomic mass is 10.1. The molecule has 0 fully saturated rings. The van der Waals surface area contributed by atoms with E-state index in [0.29, 0.717) is 12.5 Å². The molecule has 1 atom stereocenters. The molecule has 0 aliphatic rings. The highest BCUT2D eigenvalue weighted by atomic mass is 19.2. The van der Waals surface area contributed by atoms with E-state index >= 15 is 0 Å². The van der Waals surface area contributed by atoms with E-state index in [-0.39, 0.29) is 6.04 Å². The van der Waals surface area contributed by atoms with Crippen LogP contribution in [0.2, 0.25) is 0 Å². The van der Waals surface area contributed by atoms with Gasteiger partial charge in [0.2, 0.25) is 0 Å². The Morgan fingerprint density at radius 1 is 1.13 bits per heavy atom. The summed E-state index contributed by atoms with van der Waals surface area (Å²) >= 11 is 0. The van der Waals surface area contributed by atoms with E-state index in [1.807, 2.05) is 6.92 Å². The zero-order valence-corrected chi connectivity index (χ0v) is 9.35. The van der Waals surface area contributed by atoms with Gasteiger partial charge >= 0.3 is 0 Å². The molecule has 0 saturated heterocycles. The highest BCUT2D eigenvalue weighted by molar-refractivity contribution is 5.18. The SMILES string of the molecule is CC(C)NC(C)Cc1ccc(F)c(F)c1. The Hall–Kier alpha value is -0.960. The first-order valence-corrected chi connectivity index (χ1v) is 5.19. The van der Waals surface area contributed by atoms with Gasteiger partial charge in [0.15, 0.2) is 11.6 Å². The van der Waals surface area contributed by atoms with E-state index in [2.05, 4.69) is 19.2 Å². The molecule has 0 aliphatic heterocycles. The molecule has 0 radical (unpaired) electrons. The van der Waals surface area contributed by atoms with E-state index < -0.39 is 11.6 Å². The minimum absolute atomic E-state index is 0.259. The van der Waals surface area contributed by atoms with Crippen LogP contribution in [0.25, 0.3) is 0 Å². The van der Waals surface area contributed by atoms with Crippen molar-refractivity contribution in [3.63, 3.8) is 0 Å². The van der Waals surface area contributed by atoms with Crippen molar-refractivity contribution in [2.45, 2.75) is 39.3 Å². The van der Waals surface area contributed by atoms with Crippen molar-refractivity contribution < 1.29 is 8.78 Å². The van der Waals surface area contributed by atoms with Gasteiger partial charge in [-0.15, -0.1) is 0 Å². The molecule has 0 aromatic heterocycles. The molecule has 0 spiro atoms. The van der Waals surface area contributed by atoms with Crippen LogP contribution in [0.4, 0.5) is 8.78 Å². The van der Waals surface area contributed by atoms with E-state index in [0.717, 1.165) is 5.56 Å². The predicted molar refractivity (Wildman–Crippen MR) is 57.8 cm³/mol. The lowest BCUT2D eigenvalue weighted by molar-refractivity contribution is 0.481. The summed E-state index contributed by atoms with van der Waals surface area (Å²) in [6.45, 7) is 6.14. The molecule has 84 valence electrons. The summed E-state index contributed by atoms with van der Waals surface area (Å²) in [5, 5.41) is 3.31. The highest BCUT2D eigenvalue weighted by Gasteiger charge is 2.07. The molecule has 0 aliphatic carbocycles. The van der Waals surface area contributed by atoms with Gasteiger partial charge in [0, 0.05) is 12.1 Å². The second-order valence-electron chi connectivity index (χ2n) is 4.18. The summed E-state index contributed by atoms with van der Waals surface area (Å²) in [7, 11) is 0. The Labute approximate surface area is 89.5 Å². The predicted octanol–water partition coefficient (Wildman–Crippen LogP) is 2.89. The van der Waals surface area contributed by atoms with E-state index in [4.69, 9.17) is 0 Å². The zero-order valence-electron chi connectivity index (χ0n) is 9.35. The van der Waals surface area contributed by atoms with Crippen LogP contribution in [0.15, 0.2) is 18.2 Å². The molecular weight excluding hydrogens is 196 g/mol. The van der Waals surface area contributed by atoms with Crippen molar-refractivity contribution in [2.24, 2.45) is 0 Å². The fourth-order valence-electron chi connectivity index (χ4n) is 1.65. The third kappa shape index (κ3) is 3.96. The van der Waals surface area contributed by atoms with Crippen LogP contribution in [0.1, 0.15) is 26.3 Å². The van der Waals surface area contributed by atoms with Gasteiger partial charge in [0.25, 0.3) is 0 Å². The molecule has 1 aromatic carbocycles. The van der Waals surface area contributed by atoms with Crippen LogP contribution in [0, 0.1) is 11.6 Å². The highest BCUT2D eigenvalue weighted by Crippen LogP contribution is 2.10. The average Bonchev–Trinajstić information content (AvgIpc) is 2.10. The van der Waals surface area contributed by atoms with Crippen molar-refractivity contribution in [3.8, 4) is 0 Å². The molecule has 1 rings (SSSR count). The Balaban J connectivity index is 2.60. The van der Waals surface area contributed by atoms with Gasteiger partial charge in [0.05, 0.1) is 0 Å². The fourth-order valence-corrected chi connectivity index (χ4v) is 1.65. The number of halogens is 2. The fraction of sp³-hybridized carbons (Fsp3) is 0.500. The van der Waals surface area contributed by atoms with Crippen LogP contribution in [0.5, 0.6) is 0 Å². The first-order chi connectivity index (χ1) is 6.99. The van der Waals surface area contributed by atoms with Crippen LogP contribution in [-0.2, 0) is 6.42 Å². The summed E-state index contributed by atoms with van der Waals surface area (Å²) in [6.07, 6.45) is 0.704. The minimum Gasteiger partial charge on any atom is -0.312 e. The average molecular weight is 213 g/mol. The lowest BCUT2D eigenvalue weighted by Gasteiger charge is -2.16. The van der Waals surface area contributed by atoms with Crippen molar-refractivity contribution in [1.29, 1.82) is 0 Å². The van der Waals surface area contributed by atoms with Gasteiger partial charge in [-0.1, -0.05) is 19.9 Å². The van der Waals surface area contributed by atoms with Gasteiger partial charge in [-0.25, -0.2) is 8.78 Å². The Morgan fingerprint density at radius 2 is 1.80 bits per heavy atom. The number of rotatable bonds is 4. The quantitative estimate of drug-likeness (QED) is 0.811. The first kappa shape index (κ1) is 12.1. The summed E-state index contributed by atoms with van der Waals surface area (Å²) in [4.78, 5) is 0. The van der Waals surface area contributed by atoms with Crippen LogP contribution < -0.4 is 5.32 Å². The maximum atomic E-state index is 12.9. The number of nitrogens with one attached hydrogen (secondary N) is 1. The number of hydrogen-bond donors (Lipinski definition) is 1. The van der Waals surface area contributed by atoms with Crippen LogP contribution >= 0.6 is 0 Å². The Kier molecular flexibility index (Phi) is 4.21. The second kappa shape index (κ2) is 5.21. The topological polar surface area (TPSA) is 12.0 Å². The molecule has 3 heteroatoms. The molecule has 1 nitrogen and oxygen atoms in total. The molecule has 0 heterocycles. The van der Waals surface area contributed by atoms with Crippen LogP contribution in [0.3, 0.4) is 0 Å². The molecule has 0 amide bonds. The Bertz CT molecular complexity index is 323. The molecular formula is C12H17F2N. The maximum Gasteiger partial charge on any atom is 0.159 e.